The molecule has 4 heteroatoms. The quantitative estimate of drug-likeness (QED) is 0.875. The van der Waals surface area contributed by atoms with Crippen LogP contribution in [0, 0.1) is 5.82 Å². The molecule has 0 aromatic heterocycles. The summed E-state index contributed by atoms with van der Waals surface area (Å²) in [6, 6.07) is 13.5. The van der Waals surface area contributed by atoms with Gasteiger partial charge in [-0.25, -0.2) is 4.39 Å². The van der Waals surface area contributed by atoms with Gasteiger partial charge in [-0.3, -0.25) is 0 Å². The Bertz CT molecular complexity index is 615. The number of benzene rings is 2. The third kappa shape index (κ3) is 2.66. The number of hydrogen-bond acceptors (Lipinski definition) is 2. The SMILES string of the molecule is Fc1cccc(CN2CCCNc3ccccc32)c1Br. The third-order valence-corrected chi connectivity index (χ3v) is 4.45. The molecule has 0 amide bonds. The van der Waals surface area contributed by atoms with E-state index in [-0.39, 0.29) is 5.82 Å². The Balaban J connectivity index is 1.92. The van der Waals surface area contributed by atoms with Crippen molar-refractivity contribution in [3.63, 3.8) is 0 Å². The van der Waals surface area contributed by atoms with E-state index in [9.17, 15) is 4.39 Å². The Morgan fingerprint density at radius 2 is 2.00 bits per heavy atom. The van der Waals surface area contributed by atoms with Crippen molar-refractivity contribution in [1.29, 1.82) is 0 Å². The highest BCUT2D eigenvalue weighted by atomic mass is 79.9. The van der Waals surface area contributed by atoms with Gasteiger partial charge in [0.2, 0.25) is 0 Å². The number of halogens is 2. The van der Waals surface area contributed by atoms with Gasteiger partial charge in [0.25, 0.3) is 0 Å². The first kappa shape index (κ1) is 13.4. The van der Waals surface area contributed by atoms with Crippen LogP contribution in [0.25, 0.3) is 0 Å². The van der Waals surface area contributed by atoms with Gasteiger partial charge in [0.05, 0.1) is 15.8 Å². The predicted molar refractivity (Wildman–Crippen MR) is 84.7 cm³/mol. The zero-order chi connectivity index (χ0) is 13.9. The number of hydrogen-bond donors (Lipinski definition) is 1. The van der Waals surface area contributed by atoms with E-state index in [0.717, 1.165) is 30.8 Å². The van der Waals surface area contributed by atoms with Gasteiger partial charge in [-0.1, -0.05) is 24.3 Å². The molecule has 1 heterocycles. The van der Waals surface area contributed by atoms with Gasteiger partial charge in [0.1, 0.15) is 5.82 Å². The molecular weight excluding hydrogens is 319 g/mol. The van der Waals surface area contributed by atoms with Crippen LogP contribution >= 0.6 is 15.9 Å². The molecule has 0 fully saturated rings. The molecule has 3 rings (SSSR count). The molecule has 0 unspecified atom stereocenters. The molecular formula is C16H16BrFN2. The van der Waals surface area contributed by atoms with Crippen LogP contribution in [0.5, 0.6) is 0 Å². The first-order valence-electron chi connectivity index (χ1n) is 6.76. The summed E-state index contributed by atoms with van der Waals surface area (Å²) in [5.41, 5.74) is 3.31. The lowest BCUT2D eigenvalue weighted by Gasteiger charge is -2.25. The van der Waals surface area contributed by atoms with Crippen LogP contribution in [0.1, 0.15) is 12.0 Å². The Labute approximate surface area is 126 Å². The lowest BCUT2D eigenvalue weighted by Crippen LogP contribution is -2.23. The van der Waals surface area contributed by atoms with Crippen molar-refractivity contribution in [3.05, 3.63) is 58.3 Å². The zero-order valence-electron chi connectivity index (χ0n) is 11.1. The monoisotopic (exact) mass is 334 g/mol. The summed E-state index contributed by atoms with van der Waals surface area (Å²) < 4.78 is 14.2. The summed E-state index contributed by atoms with van der Waals surface area (Å²) in [7, 11) is 0. The molecule has 1 aliphatic heterocycles. The minimum absolute atomic E-state index is 0.205. The van der Waals surface area contributed by atoms with Crippen LogP contribution in [0.4, 0.5) is 15.8 Å². The first-order chi connectivity index (χ1) is 9.75. The molecule has 104 valence electrons. The molecule has 2 aromatic carbocycles. The van der Waals surface area contributed by atoms with Crippen molar-refractivity contribution in [2.24, 2.45) is 0 Å². The molecule has 2 aromatic rings. The summed E-state index contributed by atoms with van der Waals surface area (Å²) >= 11 is 3.35. The summed E-state index contributed by atoms with van der Waals surface area (Å²) in [5, 5.41) is 3.44. The molecule has 0 saturated carbocycles. The Kier molecular flexibility index (Phi) is 3.92. The molecule has 0 spiro atoms. The van der Waals surface area contributed by atoms with Crippen LogP contribution in [0.15, 0.2) is 46.9 Å². The normalized spacial score (nSPS) is 14.4. The molecule has 0 radical (unpaired) electrons. The van der Waals surface area contributed by atoms with Crippen molar-refractivity contribution in [3.8, 4) is 0 Å². The van der Waals surface area contributed by atoms with Crippen LogP contribution in [-0.2, 0) is 6.54 Å². The second-order valence-electron chi connectivity index (χ2n) is 4.93. The zero-order valence-corrected chi connectivity index (χ0v) is 12.7. The van der Waals surface area contributed by atoms with Gasteiger partial charge in [-0.15, -0.1) is 0 Å². The van der Waals surface area contributed by atoms with Crippen LogP contribution in [0.3, 0.4) is 0 Å². The maximum Gasteiger partial charge on any atom is 0.137 e. The van der Waals surface area contributed by atoms with Gasteiger partial charge in [-0.05, 0) is 46.1 Å². The lowest BCUT2D eigenvalue weighted by molar-refractivity contribution is 0.616. The minimum atomic E-state index is -0.205. The maximum atomic E-state index is 13.6. The smallest absolute Gasteiger partial charge is 0.137 e. The van der Waals surface area contributed by atoms with E-state index in [1.807, 2.05) is 18.2 Å². The number of para-hydroxylation sites is 2. The molecule has 1 aliphatic rings. The fourth-order valence-electron chi connectivity index (χ4n) is 2.55. The number of fused-ring (bicyclic) bond motifs is 1. The molecule has 0 bridgehead atoms. The highest BCUT2D eigenvalue weighted by molar-refractivity contribution is 9.10. The van der Waals surface area contributed by atoms with Crippen molar-refractivity contribution in [2.45, 2.75) is 13.0 Å². The number of nitrogens with one attached hydrogen (secondary N) is 1. The van der Waals surface area contributed by atoms with E-state index in [0.29, 0.717) is 11.0 Å². The molecule has 0 saturated heterocycles. The van der Waals surface area contributed by atoms with Crippen LogP contribution in [-0.4, -0.2) is 13.1 Å². The van der Waals surface area contributed by atoms with E-state index in [2.05, 4.69) is 38.3 Å². The summed E-state index contributed by atoms with van der Waals surface area (Å²) in [4.78, 5) is 2.30. The minimum Gasteiger partial charge on any atom is -0.383 e. The maximum absolute atomic E-state index is 13.6. The van der Waals surface area contributed by atoms with E-state index in [4.69, 9.17) is 0 Å². The van der Waals surface area contributed by atoms with Gasteiger partial charge in [0.15, 0.2) is 0 Å². The van der Waals surface area contributed by atoms with Crippen LogP contribution in [0.2, 0.25) is 0 Å². The number of nitrogens with zero attached hydrogens (tertiary/aromatic N) is 1. The van der Waals surface area contributed by atoms with E-state index < -0.39 is 0 Å². The summed E-state index contributed by atoms with van der Waals surface area (Å²) in [6.07, 6.45) is 1.07. The van der Waals surface area contributed by atoms with Crippen molar-refractivity contribution < 1.29 is 4.39 Å². The van der Waals surface area contributed by atoms with Crippen molar-refractivity contribution in [2.75, 3.05) is 23.3 Å². The Hall–Kier alpha value is -1.55. The third-order valence-electron chi connectivity index (χ3n) is 3.56. The second-order valence-corrected chi connectivity index (χ2v) is 5.72. The highest BCUT2D eigenvalue weighted by Crippen LogP contribution is 2.31. The van der Waals surface area contributed by atoms with Gasteiger partial charge >= 0.3 is 0 Å². The Morgan fingerprint density at radius 1 is 1.15 bits per heavy atom. The van der Waals surface area contributed by atoms with Gasteiger partial charge < -0.3 is 10.2 Å². The van der Waals surface area contributed by atoms with E-state index >= 15 is 0 Å². The lowest BCUT2D eigenvalue weighted by atomic mass is 10.1. The second kappa shape index (κ2) is 5.83. The van der Waals surface area contributed by atoms with Crippen LogP contribution < -0.4 is 10.2 Å². The molecule has 0 atom stereocenters. The molecule has 2 nitrogen and oxygen atoms in total. The molecule has 1 N–H and O–H groups in total. The first-order valence-corrected chi connectivity index (χ1v) is 7.56. The predicted octanol–water partition coefficient (Wildman–Crippen LogP) is 4.41. The summed E-state index contributed by atoms with van der Waals surface area (Å²) in [6.45, 7) is 2.64. The van der Waals surface area contributed by atoms with Crippen molar-refractivity contribution in [1.82, 2.24) is 0 Å². The average molecular weight is 335 g/mol. The average Bonchev–Trinajstić information content (AvgIpc) is 2.67. The fraction of sp³-hybridized carbons (Fsp3) is 0.250. The highest BCUT2D eigenvalue weighted by Gasteiger charge is 2.16. The van der Waals surface area contributed by atoms with Gasteiger partial charge in [0, 0.05) is 19.6 Å². The molecule has 20 heavy (non-hydrogen) atoms. The van der Waals surface area contributed by atoms with Crippen molar-refractivity contribution >= 4 is 27.3 Å². The van der Waals surface area contributed by atoms with E-state index in [1.54, 1.807) is 6.07 Å². The topological polar surface area (TPSA) is 15.3 Å². The summed E-state index contributed by atoms with van der Waals surface area (Å²) in [5.74, 6) is -0.205. The fourth-order valence-corrected chi connectivity index (χ4v) is 2.94. The van der Waals surface area contributed by atoms with E-state index in [1.165, 1.54) is 11.8 Å². The molecule has 0 aliphatic carbocycles. The Morgan fingerprint density at radius 3 is 2.90 bits per heavy atom. The number of anilines is 2. The largest absolute Gasteiger partial charge is 0.383 e. The van der Waals surface area contributed by atoms with Gasteiger partial charge in [-0.2, -0.15) is 0 Å². The number of rotatable bonds is 2. The standard InChI is InChI=1S/C16H16BrFN2/c17-16-12(5-3-6-13(16)18)11-20-10-4-9-19-14-7-1-2-8-15(14)20/h1-3,5-8,19H,4,9-11H2.